The molecule has 25 heavy (non-hydrogen) atoms. The number of rotatable bonds is 3. The number of hydrogen-bond acceptors (Lipinski definition) is 4. The molecule has 0 unspecified atom stereocenters. The summed E-state index contributed by atoms with van der Waals surface area (Å²) in [5.41, 5.74) is 8.38. The second-order valence-electron chi connectivity index (χ2n) is 9.26. The Morgan fingerprint density at radius 2 is 1.84 bits per heavy atom. The monoisotopic (exact) mass is 370 g/mol. The second-order valence-corrected chi connectivity index (χ2v) is 14.0. The van der Waals surface area contributed by atoms with Gasteiger partial charge in [0.25, 0.3) is 0 Å². The van der Waals surface area contributed by atoms with E-state index in [2.05, 4.69) is 43.9 Å². The van der Waals surface area contributed by atoms with Gasteiger partial charge in [-0.3, -0.25) is 0 Å². The van der Waals surface area contributed by atoms with E-state index in [0.29, 0.717) is 19.5 Å². The molecule has 8 heteroatoms. The average molecular weight is 371 g/mol. The minimum atomic E-state index is -2.06. The van der Waals surface area contributed by atoms with Crippen LogP contribution >= 0.6 is 0 Å². The van der Waals surface area contributed by atoms with Crippen molar-refractivity contribution in [3.63, 3.8) is 0 Å². The molecule has 0 aromatic carbocycles. The molecule has 0 aromatic rings. The highest BCUT2D eigenvalue weighted by Crippen LogP contribution is 2.38. The van der Waals surface area contributed by atoms with Gasteiger partial charge in [0.15, 0.2) is 8.32 Å². The Bertz CT molecular complexity index is 519. The third kappa shape index (κ3) is 6.53. The van der Waals surface area contributed by atoms with Gasteiger partial charge >= 0.3 is 6.09 Å². The second kappa shape index (κ2) is 7.97. The summed E-state index contributed by atoms with van der Waals surface area (Å²) < 4.78 is 12.0. The number of likely N-dealkylation sites (tertiary alicyclic amines) is 1. The molecule has 0 saturated carbocycles. The summed E-state index contributed by atoms with van der Waals surface area (Å²) in [5, 5.41) is 4.00. The molecule has 1 aliphatic rings. The van der Waals surface area contributed by atoms with Crippen molar-refractivity contribution in [2.45, 2.75) is 90.3 Å². The van der Waals surface area contributed by atoms with Crippen molar-refractivity contribution < 1.29 is 14.0 Å². The molecule has 1 heterocycles. The van der Waals surface area contributed by atoms with Crippen LogP contribution in [0.1, 0.15) is 54.4 Å². The third-order valence-corrected chi connectivity index (χ3v) is 9.37. The first-order chi connectivity index (χ1) is 11.3. The lowest BCUT2D eigenvalue weighted by Gasteiger charge is -2.41. The predicted molar refractivity (Wildman–Crippen MR) is 102 cm³/mol. The maximum atomic E-state index is 12.5. The summed E-state index contributed by atoms with van der Waals surface area (Å²) in [4.78, 5) is 17.2. The summed E-state index contributed by atoms with van der Waals surface area (Å²) >= 11 is 0. The molecule has 0 aliphatic carbocycles. The Kier molecular flexibility index (Phi) is 6.95. The lowest BCUT2D eigenvalue weighted by molar-refractivity contribution is 0.0174. The van der Waals surface area contributed by atoms with Crippen molar-refractivity contribution in [2.75, 3.05) is 13.1 Å². The van der Waals surface area contributed by atoms with Crippen molar-refractivity contribution >= 4 is 14.4 Å². The Hall–Kier alpha value is -1.24. The summed E-state index contributed by atoms with van der Waals surface area (Å²) in [6, 6.07) is -0.258. The molecule has 0 radical (unpaired) electrons. The highest BCUT2D eigenvalue weighted by molar-refractivity contribution is 6.74. The van der Waals surface area contributed by atoms with Gasteiger partial charge in [0.05, 0.1) is 12.1 Å². The van der Waals surface area contributed by atoms with Crippen LogP contribution in [0.5, 0.6) is 0 Å². The van der Waals surface area contributed by atoms with Gasteiger partial charge in [-0.05, 0) is 57.3 Å². The molecule has 144 valence electrons. The Labute approximate surface area is 152 Å². The van der Waals surface area contributed by atoms with Crippen molar-refractivity contribution in [3.05, 3.63) is 10.4 Å². The molecular formula is C17H34N4O3Si. The number of ether oxygens (including phenoxy) is 1. The number of carbonyl (C=O) groups excluding carboxylic acids is 1. The van der Waals surface area contributed by atoms with E-state index in [4.69, 9.17) is 14.7 Å². The van der Waals surface area contributed by atoms with E-state index in [-0.39, 0.29) is 23.3 Å². The number of carbonyl (C=O) groups is 1. The topological polar surface area (TPSA) is 87.5 Å². The van der Waals surface area contributed by atoms with Crippen LogP contribution in [0.3, 0.4) is 0 Å². The molecule has 1 amide bonds. The smallest absolute Gasteiger partial charge is 0.410 e. The zero-order valence-corrected chi connectivity index (χ0v) is 18.0. The van der Waals surface area contributed by atoms with E-state index < -0.39 is 13.9 Å². The molecule has 7 nitrogen and oxygen atoms in total. The number of amides is 1. The largest absolute Gasteiger partial charge is 0.444 e. The minimum Gasteiger partial charge on any atom is -0.444 e. The standard InChI is InChI=1S/C17H34N4O3Si/c1-16(2,3)23-15(22)21-11-9-10-13(19-20-18)14(12-21)24-25(7,8)17(4,5)6/h13-14H,9-12H2,1-8H3/t13-,14+/m1/s1. The van der Waals surface area contributed by atoms with Crippen LogP contribution in [0.25, 0.3) is 10.4 Å². The number of hydrogen-bond donors (Lipinski definition) is 0. The van der Waals surface area contributed by atoms with E-state index in [1.54, 1.807) is 4.90 Å². The normalized spacial score (nSPS) is 22.8. The minimum absolute atomic E-state index is 0.0387. The van der Waals surface area contributed by atoms with Crippen LogP contribution in [0.4, 0.5) is 4.79 Å². The van der Waals surface area contributed by atoms with E-state index in [1.807, 2.05) is 20.8 Å². The Balaban J connectivity index is 3.01. The fourth-order valence-electron chi connectivity index (χ4n) is 2.47. The van der Waals surface area contributed by atoms with Crippen molar-refractivity contribution in [2.24, 2.45) is 5.11 Å². The van der Waals surface area contributed by atoms with Crippen LogP contribution in [0.15, 0.2) is 5.11 Å². The van der Waals surface area contributed by atoms with Gasteiger partial charge in [0.2, 0.25) is 0 Å². The first kappa shape index (κ1) is 21.8. The van der Waals surface area contributed by atoms with Crippen molar-refractivity contribution in [1.29, 1.82) is 0 Å². The predicted octanol–water partition coefficient (Wildman–Crippen LogP) is 5.09. The van der Waals surface area contributed by atoms with Gasteiger partial charge in [-0.1, -0.05) is 25.9 Å². The zero-order valence-electron chi connectivity index (χ0n) is 17.0. The molecular weight excluding hydrogens is 336 g/mol. The Morgan fingerprint density at radius 3 is 2.32 bits per heavy atom. The van der Waals surface area contributed by atoms with Crippen molar-refractivity contribution in [3.8, 4) is 0 Å². The van der Waals surface area contributed by atoms with Gasteiger partial charge < -0.3 is 14.1 Å². The van der Waals surface area contributed by atoms with E-state index in [9.17, 15) is 4.79 Å². The van der Waals surface area contributed by atoms with Gasteiger partial charge in [-0.2, -0.15) is 0 Å². The SMILES string of the molecule is CC(C)(C)OC(=O)N1CCC[C@@H](N=[N+]=[N-])[C@@H](O[Si](C)(C)C(C)(C)C)C1. The van der Waals surface area contributed by atoms with Crippen LogP contribution in [-0.4, -0.2) is 50.1 Å². The molecule has 0 spiro atoms. The average Bonchev–Trinajstić information content (AvgIpc) is 2.59. The summed E-state index contributed by atoms with van der Waals surface area (Å²) in [6.07, 6.45) is 0.841. The molecule has 1 rings (SSSR count). The quantitative estimate of drug-likeness (QED) is 0.300. The molecule has 0 N–H and O–H groups in total. The lowest BCUT2D eigenvalue weighted by Crippen LogP contribution is -2.50. The maximum absolute atomic E-state index is 12.5. The number of nitrogens with zero attached hydrogens (tertiary/aromatic N) is 4. The van der Waals surface area contributed by atoms with Gasteiger partial charge in [-0.15, -0.1) is 0 Å². The van der Waals surface area contributed by atoms with Crippen LogP contribution in [0, 0.1) is 0 Å². The summed E-state index contributed by atoms with van der Waals surface area (Å²) in [5.74, 6) is 0. The van der Waals surface area contributed by atoms with E-state index >= 15 is 0 Å². The van der Waals surface area contributed by atoms with Gasteiger partial charge in [0.1, 0.15) is 5.60 Å². The van der Waals surface area contributed by atoms with Crippen molar-refractivity contribution in [1.82, 2.24) is 4.90 Å². The fourth-order valence-corrected chi connectivity index (χ4v) is 3.81. The summed E-state index contributed by atoms with van der Waals surface area (Å²) in [6.45, 7) is 17.4. The van der Waals surface area contributed by atoms with Crippen LogP contribution in [-0.2, 0) is 9.16 Å². The lowest BCUT2D eigenvalue weighted by atomic mass is 10.1. The maximum Gasteiger partial charge on any atom is 0.410 e. The third-order valence-electron chi connectivity index (χ3n) is 4.86. The van der Waals surface area contributed by atoms with Gasteiger partial charge in [-0.25, -0.2) is 4.79 Å². The van der Waals surface area contributed by atoms with E-state index in [1.165, 1.54) is 0 Å². The first-order valence-corrected chi connectivity index (χ1v) is 11.9. The Morgan fingerprint density at radius 1 is 1.24 bits per heavy atom. The summed E-state index contributed by atoms with van der Waals surface area (Å²) in [7, 11) is -2.06. The first-order valence-electron chi connectivity index (χ1n) is 8.97. The zero-order chi connectivity index (χ0) is 19.5. The molecule has 2 atom stereocenters. The van der Waals surface area contributed by atoms with Gasteiger partial charge in [0, 0.05) is 18.0 Å². The highest BCUT2D eigenvalue weighted by Gasteiger charge is 2.42. The van der Waals surface area contributed by atoms with Crippen LogP contribution < -0.4 is 0 Å². The fraction of sp³-hybridized carbons (Fsp3) is 0.941. The van der Waals surface area contributed by atoms with Crippen LogP contribution in [0.2, 0.25) is 18.1 Å². The van der Waals surface area contributed by atoms with E-state index in [0.717, 1.165) is 6.42 Å². The highest BCUT2D eigenvalue weighted by atomic mass is 28.4. The number of azide groups is 1. The molecule has 1 aliphatic heterocycles. The molecule has 1 saturated heterocycles. The molecule has 0 aromatic heterocycles. The molecule has 0 bridgehead atoms. The molecule has 1 fully saturated rings.